The molecule has 1 spiro atoms. The first-order chi connectivity index (χ1) is 3.91. The van der Waals surface area contributed by atoms with Gasteiger partial charge in [-0.15, -0.1) is 0 Å². The quantitative estimate of drug-likeness (QED) is 0.341. The fraction of sp³-hybridized carbons (Fsp3) is 0.875. The fourth-order valence-electron chi connectivity index (χ4n) is 2.06. The second-order valence-electron chi connectivity index (χ2n) is 3.30. The van der Waals surface area contributed by atoms with Gasteiger partial charge in [-0.2, -0.15) is 0 Å². The monoisotopic (exact) mass is 127 g/mol. The molecule has 2 aliphatic heterocycles. The van der Waals surface area contributed by atoms with Gasteiger partial charge in [0.15, 0.2) is 0 Å². The summed E-state index contributed by atoms with van der Waals surface area (Å²) in [6.45, 7) is 6.00. The summed E-state index contributed by atoms with van der Waals surface area (Å²) in [7, 11) is 0. The van der Waals surface area contributed by atoms with E-state index >= 15 is 0 Å². The Balaban J connectivity index is 0.000000405. The zero-order chi connectivity index (χ0) is 5.45. The van der Waals surface area contributed by atoms with Gasteiger partial charge in [0.25, 0.3) is 0 Å². The molecule has 0 radical (unpaired) electrons. The summed E-state index contributed by atoms with van der Waals surface area (Å²) < 4.78 is 1.50. The van der Waals surface area contributed by atoms with Gasteiger partial charge in [0.1, 0.15) is 0 Å². The fourth-order valence-corrected chi connectivity index (χ4v) is 2.06. The van der Waals surface area contributed by atoms with Crippen molar-refractivity contribution in [3.05, 3.63) is 7.43 Å². The van der Waals surface area contributed by atoms with Crippen LogP contribution in [0.1, 0.15) is 19.3 Å². The van der Waals surface area contributed by atoms with E-state index in [9.17, 15) is 0 Å². The molecule has 0 aromatic rings. The molecule has 2 rings (SSSR count). The minimum absolute atomic E-state index is 0. The van der Waals surface area contributed by atoms with Crippen molar-refractivity contribution >= 4 is 0 Å². The highest BCUT2D eigenvalue weighted by Crippen LogP contribution is 2.26. The maximum absolute atomic E-state index is 1.50. The molecular weight excluding hydrogens is 110 g/mol. The Bertz CT molecular complexity index is 86.7. The Morgan fingerprint density at radius 3 is 1.33 bits per heavy atom. The van der Waals surface area contributed by atoms with E-state index < -0.39 is 0 Å². The minimum atomic E-state index is 0. The summed E-state index contributed by atoms with van der Waals surface area (Å²) in [5.41, 5.74) is 0. The molecule has 54 valence electrons. The lowest BCUT2D eigenvalue weighted by molar-refractivity contribution is -0.952. The maximum atomic E-state index is 1.50. The zero-order valence-corrected chi connectivity index (χ0v) is 6.40. The van der Waals surface area contributed by atoms with Crippen molar-refractivity contribution < 1.29 is 4.48 Å². The van der Waals surface area contributed by atoms with Crippen LogP contribution in [0.15, 0.2) is 0 Å². The molecule has 2 saturated heterocycles. The van der Waals surface area contributed by atoms with E-state index in [1.807, 2.05) is 0 Å². The summed E-state index contributed by atoms with van der Waals surface area (Å²) in [4.78, 5) is 0. The summed E-state index contributed by atoms with van der Waals surface area (Å²) in [6, 6.07) is 0. The summed E-state index contributed by atoms with van der Waals surface area (Å²) in [5.74, 6) is 0. The Morgan fingerprint density at radius 2 is 1.11 bits per heavy atom. The second kappa shape index (κ2) is 2.30. The molecule has 0 aliphatic carbocycles. The Labute approximate surface area is 58.3 Å². The van der Waals surface area contributed by atoms with Gasteiger partial charge in [0.05, 0.1) is 26.2 Å². The number of hydrogen-bond donors (Lipinski definition) is 0. The number of hydrogen-bond acceptors (Lipinski definition) is 0. The van der Waals surface area contributed by atoms with Crippen molar-refractivity contribution in [3.63, 3.8) is 0 Å². The van der Waals surface area contributed by atoms with Crippen molar-refractivity contribution in [1.29, 1.82) is 0 Å². The number of nitrogens with zero attached hydrogens (tertiary/aromatic N) is 1. The van der Waals surface area contributed by atoms with Crippen LogP contribution in [0, 0.1) is 7.43 Å². The van der Waals surface area contributed by atoms with Crippen molar-refractivity contribution in [2.45, 2.75) is 19.3 Å². The van der Waals surface area contributed by atoms with E-state index in [1.165, 1.54) is 49.9 Å². The van der Waals surface area contributed by atoms with Crippen LogP contribution in [0.4, 0.5) is 0 Å². The number of rotatable bonds is 0. The van der Waals surface area contributed by atoms with Crippen LogP contribution in [-0.2, 0) is 0 Å². The molecule has 2 aliphatic rings. The molecule has 0 saturated carbocycles. The highest BCUT2D eigenvalue weighted by Gasteiger charge is 2.37. The molecule has 2 heterocycles. The van der Waals surface area contributed by atoms with E-state index in [0.717, 1.165) is 0 Å². The average molecular weight is 127 g/mol. The molecule has 0 aromatic heterocycles. The molecule has 0 unspecified atom stereocenters. The summed E-state index contributed by atoms with van der Waals surface area (Å²) in [5, 5.41) is 0. The van der Waals surface area contributed by atoms with Gasteiger partial charge in [-0.1, -0.05) is 0 Å². The van der Waals surface area contributed by atoms with Crippen molar-refractivity contribution in [3.8, 4) is 0 Å². The third-order valence-electron chi connectivity index (χ3n) is 2.78. The lowest BCUT2D eigenvalue weighted by Gasteiger charge is -2.41. The highest BCUT2D eigenvalue weighted by molar-refractivity contribution is 4.61. The third kappa shape index (κ3) is 0.983. The summed E-state index contributed by atoms with van der Waals surface area (Å²) in [6.07, 6.45) is 4.50. The van der Waals surface area contributed by atoms with Gasteiger partial charge in [0, 0.05) is 19.3 Å². The minimum Gasteiger partial charge on any atom is -0.358 e. The molecule has 1 heteroatoms. The first-order valence-corrected chi connectivity index (χ1v) is 3.76. The molecule has 0 aromatic carbocycles. The number of quaternary nitrogens is 1. The Hall–Kier alpha value is -0.0400. The first kappa shape index (κ1) is 7.07. The topological polar surface area (TPSA) is 0 Å². The molecule has 0 amide bonds. The van der Waals surface area contributed by atoms with Crippen LogP contribution in [0.3, 0.4) is 0 Å². The van der Waals surface area contributed by atoms with Gasteiger partial charge >= 0.3 is 0 Å². The lowest BCUT2D eigenvalue weighted by atomic mass is 10.1. The van der Waals surface area contributed by atoms with Gasteiger partial charge in [0.2, 0.25) is 0 Å². The zero-order valence-electron chi connectivity index (χ0n) is 6.40. The smallest absolute Gasteiger partial charge is 0.0841 e. The molecule has 1 nitrogen and oxygen atoms in total. The van der Waals surface area contributed by atoms with Crippen LogP contribution in [-0.4, -0.2) is 30.7 Å². The largest absolute Gasteiger partial charge is 0.358 e. The summed E-state index contributed by atoms with van der Waals surface area (Å²) >= 11 is 0. The first-order valence-electron chi connectivity index (χ1n) is 3.76. The van der Waals surface area contributed by atoms with E-state index in [4.69, 9.17) is 0 Å². The van der Waals surface area contributed by atoms with Crippen molar-refractivity contribution in [2.24, 2.45) is 0 Å². The Morgan fingerprint density at radius 1 is 0.667 bits per heavy atom. The normalized spacial score (nSPS) is 29.3. The van der Waals surface area contributed by atoms with Crippen molar-refractivity contribution in [1.82, 2.24) is 0 Å². The van der Waals surface area contributed by atoms with Gasteiger partial charge in [-0.05, 0) is 0 Å². The second-order valence-corrected chi connectivity index (χ2v) is 3.30. The standard InChI is InChI=1S/C7H14N.CH3/c1-2-5-8(4-1)6-3-7-8;/h1-7H2;1H3/q+1;-1. The molecule has 0 atom stereocenters. The van der Waals surface area contributed by atoms with Crippen LogP contribution < -0.4 is 0 Å². The Kier molecular flexibility index (Phi) is 1.80. The SMILES string of the molecule is C1CC[N+]2(C1)CCC2.[CH3-]. The van der Waals surface area contributed by atoms with E-state index in [1.54, 1.807) is 0 Å². The van der Waals surface area contributed by atoms with Crippen LogP contribution in [0.25, 0.3) is 0 Å². The van der Waals surface area contributed by atoms with Crippen LogP contribution in [0.5, 0.6) is 0 Å². The molecule has 2 fully saturated rings. The molecule has 0 N–H and O–H groups in total. The van der Waals surface area contributed by atoms with E-state index in [2.05, 4.69) is 0 Å². The average Bonchev–Trinajstić information content (AvgIpc) is 2.07. The van der Waals surface area contributed by atoms with Crippen LogP contribution in [0.2, 0.25) is 0 Å². The van der Waals surface area contributed by atoms with E-state index in [-0.39, 0.29) is 7.43 Å². The van der Waals surface area contributed by atoms with Gasteiger partial charge < -0.3 is 11.9 Å². The van der Waals surface area contributed by atoms with Crippen molar-refractivity contribution in [2.75, 3.05) is 26.2 Å². The van der Waals surface area contributed by atoms with Gasteiger partial charge in [-0.25, -0.2) is 0 Å². The molecule has 9 heavy (non-hydrogen) atoms. The predicted molar refractivity (Wildman–Crippen MR) is 40.0 cm³/mol. The lowest BCUT2D eigenvalue weighted by Crippen LogP contribution is -2.55. The molecular formula is C8H17N. The van der Waals surface area contributed by atoms with Gasteiger partial charge in [-0.3, -0.25) is 0 Å². The third-order valence-corrected chi connectivity index (χ3v) is 2.78. The maximum Gasteiger partial charge on any atom is 0.0841 e. The van der Waals surface area contributed by atoms with E-state index in [0.29, 0.717) is 0 Å². The predicted octanol–water partition coefficient (Wildman–Crippen LogP) is 1.45. The highest BCUT2D eigenvalue weighted by atomic mass is 15.4. The van der Waals surface area contributed by atoms with Crippen LogP contribution >= 0.6 is 0 Å². The molecule has 0 bridgehead atoms.